The van der Waals surface area contributed by atoms with Crippen LogP contribution in [0.2, 0.25) is 0 Å². The first-order chi connectivity index (χ1) is 13.0. The van der Waals surface area contributed by atoms with Crippen molar-refractivity contribution in [2.45, 2.75) is 22.5 Å². The molecule has 2 heterocycles. The number of nitrogens with one attached hydrogen (secondary N) is 1. The van der Waals surface area contributed by atoms with Gasteiger partial charge < -0.3 is 5.32 Å². The first-order valence-corrected chi connectivity index (χ1v) is 11.1. The van der Waals surface area contributed by atoms with Gasteiger partial charge in [0.15, 0.2) is 8.68 Å². The van der Waals surface area contributed by atoms with Crippen LogP contribution in [0.15, 0.2) is 39.0 Å². The molecule has 27 heavy (non-hydrogen) atoms. The number of aromatic nitrogens is 3. The Labute approximate surface area is 170 Å². The van der Waals surface area contributed by atoms with E-state index in [9.17, 15) is 10.1 Å². The van der Waals surface area contributed by atoms with Crippen LogP contribution < -0.4 is 5.32 Å². The molecule has 0 atom stereocenters. The summed E-state index contributed by atoms with van der Waals surface area (Å²) in [5, 5.41) is 20.6. The molecule has 1 aromatic carbocycles. The molecule has 0 aliphatic heterocycles. The quantitative estimate of drug-likeness (QED) is 0.605. The fourth-order valence-corrected chi connectivity index (χ4v) is 4.83. The molecule has 3 aromatic rings. The number of nitriles is 1. The standard InChI is InChI=1S/C18H17N5OS3/c1-11-12(2)23(13-7-5-4-6-8-13)16(14(11)9-19)20-15(24)10-26-18-22-21-17(25-3)27-18/h4-8H,10H2,1-3H3,(H,20,24). The highest BCUT2D eigenvalue weighted by atomic mass is 32.2. The maximum absolute atomic E-state index is 12.5. The number of carbonyl (C=O) groups excluding carboxylic acids is 1. The van der Waals surface area contributed by atoms with E-state index < -0.39 is 0 Å². The van der Waals surface area contributed by atoms with Gasteiger partial charge in [-0.2, -0.15) is 5.26 Å². The maximum Gasteiger partial charge on any atom is 0.235 e. The van der Waals surface area contributed by atoms with Crippen LogP contribution in [0.25, 0.3) is 5.69 Å². The van der Waals surface area contributed by atoms with Crippen molar-refractivity contribution in [3.8, 4) is 11.8 Å². The summed E-state index contributed by atoms with van der Waals surface area (Å²) in [6.45, 7) is 3.83. The minimum atomic E-state index is -0.188. The van der Waals surface area contributed by atoms with Gasteiger partial charge in [0.2, 0.25) is 5.91 Å². The van der Waals surface area contributed by atoms with E-state index in [2.05, 4.69) is 21.6 Å². The van der Waals surface area contributed by atoms with Crippen molar-refractivity contribution in [3.05, 3.63) is 47.2 Å². The summed E-state index contributed by atoms with van der Waals surface area (Å²) in [5.41, 5.74) is 3.17. The molecule has 0 bridgehead atoms. The lowest BCUT2D eigenvalue weighted by molar-refractivity contribution is -0.113. The highest BCUT2D eigenvalue weighted by Crippen LogP contribution is 2.31. The van der Waals surface area contributed by atoms with E-state index in [-0.39, 0.29) is 11.7 Å². The van der Waals surface area contributed by atoms with Crippen LogP contribution in [0.4, 0.5) is 5.82 Å². The minimum absolute atomic E-state index is 0.188. The van der Waals surface area contributed by atoms with Crippen LogP contribution in [-0.4, -0.2) is 32.7 Å². The van der Waals surface area contributed by atoms with Gasteiger partial charge in [0.05, 0.1) is 11.3 Å². The monoisotopic (exact) mass is 415 g/mol. The molecule has 0 radical (unpaired) electrons. The first kappa shape index (κ1) is 19.5. The molecule has 0 saturated heterocycles. The smallest absolute Gasteiger partial charge is 0.235 e. The molecule has 0 saturated carbocycles. The maximum atomic E-state index is 12.5. The molecule has 0 spiro atoms. The van der Waals surface area contributed by atoms with Gasteiger partial charge in [0.1, 0.15) is 11.9 Å². The van der Waals surface area contributed by atoms with Gasteiger partial charge in [-0.15, -0.1) is 10.2 Å². The van der Waals surface area contributed by atoms with Crippen LogP contribution in [0, 0.1) is 25.2 Å². The van der Waals surface area contributed by atoms with Crippen LogP contribution in [0.1, 0.15) is 16.8 Å². The highest BCUT2D eigenvalue weighted by molar-refractivity contribution is 8.03. The van der Waals surface area contributed by atoms with E-state index in [0.717, 1.165) is 25.6 Å². The fourth-order valence-electron chi connectivity index (χ4n) is 2.59. The number of anilines is 1. The van der Waals surface area contributed by atoms with E-state index >= 15 is 0 Å². The van der Waals surface area contributed by atoms with E-state index in [4.69, 9.17) is 0 Å². The summed E-state index contributed by atoms with van der Waals surface area (Å²) < 4.78 is 3.53. The van der Waals surface area contributed by atoms with Gasteiger partial charge >= 0.3 is 0 Å². The van der Waals surface area contributed by atoms with Gasteiger partial charge in [-0.25, -0.2) is 0 Å². The molecule has 2 aromatic heterocycles. The molecule has 9 heteroatoms. The molecule has 1 amide bonds. The number of nitrogens with zero attached hydrogens (tertiary/aromatic N) is 4. The summed E-state index contributed by atoms with van der Waals surface area (Å²) >= 11 is 4.33. The third-order valence-corrected chi connectivity index (χ3v) is 7.02. The van der Waals surface area contributed by atoms with Crippen molar-refractivity contribution in [1.82, 2.24) is 14.8 Å². The summed E-state index contributed by atoms with van der Waals surface area (Å²) in [4.78, 5) is 12.5. The number of benzene rings is 1. The van der Waals surface area contributed by atoms with Crippen molar-refractivity contribution in [1.29, 1.82) is 5.26 Å². The Morgan fingerprint density at radius 3 is 2.59 bits per heavy atom. The average Bonchev–Trinajstić information content (AvgIpc) is 3.24. The first-order valence-electron chi connectivity index (χ1n) is 8.02. The molecule has 6 nitrogen and oxygen atoms in total. The minimum Gasteiger partial charge on any atom is -0.310 e. The summed E-state index contributed by atoms with van der Waals surface area (Å²) in [5.74, 6) is 0.518. The molecule has 3 rings (SSSR count). The summed E-state index contributed by atoms with van der Waals surface area (Å²) in [6.07, 6.45) is 1.94. The lowest BCUT2D eigenvalue weighted by Gasteiger charge is -2.13. The topological polar surface area (TPSA) is 83.6 Å². The Bertz CT molecular complexity index is 1000. The molecule has 1 N–H and O–H groups in total. The molecule has 0 aliphatic rings. The summed E-state index contributed by atoms with van der Waals surface area (Å²) in [7, 11) is 0. The van der Waals surface area contributed by atoms with Crippen molar-refractivity contribution in [2.75, 3.05) is 17.3 Å². The third kappa shape index (κ3) is 4.18. The highest BCUT2D eigenvalue weighted by Gasteiger charge is 2.20. The van der Waals surface area contributed by atoms with Crippen molar-refractivity contribution in [3.63, 3.8) is 0 Å². The molecule has 0 unspecified atom stereocenters. The fraction of sp³-hybridized carbons (Fsp3) is 0.222. The van der Waals surface area contributed by atoms with Crippen LogP contribution in [0.5, 0.6) is 0 Å². The zero-order valence-electron chi connectivity index (χ0n) is 15.0. The zero-order chi connectivity index (χ0) is 19.4. The van der Waals surface area contributed by atoms with Gasteiger partial charge in [-0.05, 0) is 37.8 Å². The van der Waals surface area contributed by atoms with Crippen LogP contribution in [-0.2, 0) is 4.79 Å². The zero-order valence-corrected chi connectivity index (χ0v) is 17.5. The lowest BCUT2D eigenvalue weighted by Crippen LogP contribution is -2.17. The molecular formula is C18H17N5OS3. The number of rotatable bonds is 6. The van der Waals surface area contributed by atoms with Gasteiger partial charge in [-0.3, -0.25) is 9.36 Å². The number of carbonyl (C=O) groups is 1. The van der Waals surface area contributed by atoms with Crippen molar-refractivity contribution in [2.24, 2.45) is 0 Å². The molecule has 138 valence electrons. The number of amides is 1. The van der Waals surface area contributed by atoms with Crippen molar-refractivity contribution < 1.29 is 4.79 Å². The largest absolute Gasteiger partial charge is 0.310 e. The lowest BCUT2D eigenvalue weighted by atomic mass is 10.2. The SMILES string of the molecule is CSc1nnc(SCC(=O)Nc2c(C#N)c(C)c(C)n2-c2ccccc2)s1. The normalized spacial score (nSPS) is 10.6. The molecular weight excluding hydrogens is 398 g/mol. The molecule has 0 fully saturated rings. The second kappa shape index (κ2) is 8.61. The van der Waals surface area contributed by atoms with Gasteiger partial charge in [-0.1, -0.05) is 53.1 Å². The third-order valence-electron chi connectivity index (χ3n) is 3.99. The van der Waals surface area contributed by atoms with Crippen LogP contribution >= 0.6 is 34.9 Å². The van der Waals surface area contributed by atoms with E-state index in [1.165, 1.54) is 34.9 Å². The Hall–Kier alpha value is -2.28. The molecule has 0 aliphatic carbocycles. The second-order valence-electron chi connectivity index (χ2n) is 5.59. The number of thioether (sulfide) groups is 2. The predicted octanol–water partition coefficient (Wildman–Crippen LogP) is 4.27. The number of hydrogen-bond acceptors (Lipinski definition) is 7. The van der Waals surface area contributed by atoms with Gasteiger partial charge in [0, 0.05) is 11.4 Å². The van der Waals surface area contributed by atoms with Crippen molar-refractivity contribution >= 4 is 46.6 Å². The van der Waals surface area contributed by atoms with E-state index in [1.54, 1.807) is 0 Å². The Morgan fingerprint density at radius 2 is 1.96 bits per heavy atom. The Balaban J connectivity index is 1.84. The van der Waals surface area contributed by atoms with E-state index in [0.29, 0.717) is 11.4 Å². The Kier molecular flexibility index (Phi) is 6.21. The van der Waals surface area contributed by atoms with Gasteiger partial charge in [0.25, 0.3) is 0 Å². The Morgan fingerprint density at radius 1 is 1.26 bits per heavy atom. The number of para-hydroxylation sites is 1. The van der Waals surface area contributed by atoms with E-state index in [1.807, 2.05) is 55.0 Å². The average molecular weight is 416 g/mol. The van der Waals surface area contributed by atoms with Crippen LogP contribution in [0.3, 0.4) is 0 Å². The second-order valence-corrected chi connectivity index (χ2v) is 8.84. The predicted molar refractivity (Wildman–Crippen MR) is 111 cm³/mol. The number of hydrogen-bond donors (Lipinski definition) is 1. The summed E-state index contributed by atoms with van der Waals surface area (Å²) in [6, 6.07) is 11.9.